The van der Waals surface area contributed by atoms with Crippen LogP contribution in [0.3, 0.4) is 0 Å². The van der Waals surface area contributed by atoms with Crippen molar-refractivity contribution in [1.82, 2.24) is 15.3 Å². The molecule has 2 aromatic carbocycles. The highest BCUT2D eigenvalue weighted by Crippen LogP contribution is 2.31. The van der Waals surface area contributed by atoms with E-state index in [1.807, 2.05) is 43.3 Å². The highest BCUT2D eigenvalue weighted by molar-refractivity contribution is 6.00. The lowest BCUT2D eigenvalue weighted by atomic mass is 10.1. The molecule has 7 heteroatoms. The second-order valence-corrected chi connectivity index (χ2v) is 7.00. The van der Waals surface area contributed by atoms with Crippen LogP contribution in [0.5, 0.6) is 0 Å². The van der Waals surface area contributed by atoms with Gasteiger partial charge in [0.25, 0.3) is 0 Å². The van der Waals surface area contributed by atoms with Crippen molar-refractivity contribution in [1.29, 1.82) is 0 Å². The molecule has 0 aliphatic carbocycles. The number of urea groups is 1. The minimum Gasteiger partial charge on any atom is -0.381 e. The molecule has 4 rings (SSSR count). The molecular weight excluding hydrogens is 388 g/mol. The van der Waals surface area contributed by atoms with Crippen LogP contribution in [0.1, 0.15) is 12.5 Å². The zero-order chi connectivity index (χ0) is 21.5. The quantitative estimate of drug-likeness (QED) is 0.338. The number of nitrogens with zero attached hydrogens (tertiary/aromatic N) is 2. The Morgan fingerprint density at radius 3 is 2.61 bits per heavy atom. The summed E-state index contributed by atoms with van der Waals surface area (Å²) < 4.78 is 0. The predicted molar refractivity (Wildman–Crippen MR) is 126 cm³/mol. The van der Waals surface area contributed by atoms with Gasteiger partial charge in [-0.3, -0.25) is 10.3 Å². The van der Waals surface area contributed by atoms with Crippen molar-refractivity contribution in [2.45, 2.75) is 13.5 Å². The summed E-state index contributed by atoms with van der Waals surface area (Å²) >= 11 is 0. The Morgan fingerprint density at radius 2 is 1.84 bits per heavy atom. The molecule has 0 fully saturated rings. The Hall–Kier alpha value is -4.13. The van der Waals surface area contributed by atoms with Gasteiger partial charge in [0.1, 0.15) is 5.82 Å². The maximum Gasteiger partial charge on any atom is 0.320 e. The van der Waals surface area contributed by atoms with Crippen LogP contribution in [0.4, 0.5) is 27.7 Å². The molecule has 0 saturated carbocycles. The van der Waals surface area contributed by atoms with Crippen LogP contribution in [-0.4, -0.2) is 22.5 Å². The summed E-state index contributed by atoms with van der Waals surface area (Å²) in [6.07, 6.45) is 5.27. The summed E-state index contributed by atoms with van der Waals surface area (Å²) in [6.45, 7) is 3.12. The van der Waals surface area contributed by atoms with Gasteiger partial charge in [-0.15, -0.1) is 0 Å². The topological polar surface area (TPSA) is 91.0 Å². The zero-order valence-corrected chi connectivity index (χ0v) is 17.2. The van der Waals surface area contributed by atoms with Gasteiger partial charge < -0.3 is 16.0 Å². The van der Waals surface area contributed by atoms with E-state index in [9.17, 15) is 4.79 Å². The molecule has 156 valence electrons. The fourth-order valence-corrected chi connectivity index (χ4v) is 3.24. The fourth-order valence-electron chi connectivity index (χ4n) is 3.24. The number of hydrogen-bond acceptors (Lipinski definition) is 5. The van der Waals surface area contributed by atoms with Crippen LogP contribution in [0.15, 0.2) is 79.3 Å². The van der Waals surface area contributed by atoms with E-state index in [0.29, 0.717) is 18.9 Å². The van der Waals surface area contributed by atoms with Crippen molar-refractivity contribution >= 4 is 39.7 Å². The first-order chi connectivity index (χ1) is 15.2. The van der Waals surface area contributed by atoms with Crippen LogP contribution in [0, 0.1) is 0 Å². The van der Waals surface area contributed by atoms with Gasteiger partial charge in [-0.05, 0) is 48.2 Å². The number of amides is 2. The molecule has 0 spiro atoms. The van der Waals surface area contributed by atoms with Gasteiger partial charge in [-0.2, -0.15) is 0 Å². The summed E-state index contributed by atoms with van der Waals surface area (Å²) in [4.78, 5) is 20.5. The number of nitrogens with one attached hydrogen (secondary N) is 4. The van der Waals surface area contributed by atoms with E-state index in [1.54, 1.807) is 18.6 Å². The van der Waals surface area contributed by atoms with Crippen LogP contribution in [0.25, 0.3) is 10.8 Å². The molecule has 4 aromatic rings. The maximum atomic E-state index is 11.9. The van der Waals surface area contributed by atoms with Crippen molar-refractivity contribution < 1.29 is 4.79 Å². The molecular formula is C24H24N6O. The van der Waals surface area contributed by atoms with Crippen LogP contribution >= 0.6 is 0 Å². The van der Waals surface area contributed by atoms with Crippen molar-refractivity contribution in [3.63, 3.8) is 0 Å². The lowest BCUT2D eigenvalue weighted by molar-refractivity contribution is 0.252. The maximum absolute atomic E-state index is 11.9. The first-order valence-electron chi connectivity index (χ1n) is 10.1. The van der Waals surface area contributed by atoms with E-state index in [-0.39, 0.29) is 6.03 Å². The Balaban J connectivity index is 1.67. The average Bonchev–Trinajstić information content (AvgIpc) is 2.79. The second-order valence-electron chi connectivity index (χ2n) is 7.00. The van der Waals surface area contributed by atoms with Crippen LogP contribution in [0.2, 0.25) is 0 Å². The van der Waals surface area contributed by atoms with Crippen LogP contribution in [-0.2, 0) is 6.54 Å². The standard InChI is InChI=1S/C24H24N6O/c1-2-26-24(31)30-23-12-18-11-20(27-14-17-7-4-3-5-8-17)13-22(21(18)16-28-23)29-19-9-6-10-25-15-19/h3-13,15-16,27,29H,2,14H2,1H3,(H2,26,28,30,31). The Labute approximate surface area is 180 Å². The number of hydrogen-bond donors (Lipinski definition) is 4. The van der Waals surface area contributed by atoms with E-state index in [0.717, 1.165) is 27.8 Å². The highest BCUT2D eigenvalue weighted by atomic mass is 16.2. The number of carbonyl (C=O) groups excluding carboxylic acids is 1. The minimum atomic E-state index is -0.276. The molecule has 2 amide bonds. The van der Waals surface area contributed by atoms with Gasteiger partial charge in [0.05, 0.1) is 17.6 Å². The number of pyridine rings is 2. The number of carbonyl (C=O) groups is 1. The van der Waals surface area contributed by atoms with E-state index >= 15 is 0 Å². The molecule has 0 saturated heterocycles. The predicted octanol–water partition coefficient (Wildman–Crippen LogP) is 5.13. The van der Waals surface area contributed by atoms with Crippen molar-refractivity contribution in [2.24, 2.45) is 0 Å². The lowest BCUT2D eigenvalue weighted by Gasteiger charge is -2.15. The van der Waals surface area contributed by atoms with Gasteiger partial charge in [0.15, 0.2) is 0 Å². The molecule has 4 N–H and O–H groups in total. The third-order valence-electron chi connectivity index (χ3n) is 4.70. The number of aromatic nitrogens is 2. The van der Waals surface area contributed by atoms with E-state index in [2.05, 4.69) is 55.5 Å². The number of rotatable bonds is 7. The minimum absolute atomic E-state index is 0.276. The molecule has 0 aliphatic rings. The van der Waals surface area contributed by atoms with Gasteiger partial charge >= 0.3 is 6.03 Å². The lowest BCUT2D eigenvalue weighted by Crippen LogP contribution is -2.28. The molecule has 31 heavy (non-hydrogen) atoms. The molecule has 0 radical (unpaired) electrons. The normalized spacial score (nSPS) is 10.5. The molecule has 2 aromatic heterocycles. The van der Waals surface area contributed by atoms with Gasteiger partial charge in [0.2, 0.25) is 0 Å². The Kier molecular flexibility index (Phi) is 6.23. The first kappa shape index (κ1) is 20.2. The zero-order valence-electron chi connectivity index (χ0n) is 17.2. The fraction of sp³-hybridized carbons (Fsp3) is 0.125. The SMILES string of the molecule is CCNC(=O)Nc1cc2cc(NCc3ccccc3)cc(Nc3cccnc3)c2cn1. The summed E-state index contributed by atoms with van der Waals surface area (Å²) in [5.41, 5.74) is 3.93. The van der Waals surface area contributed by atoms with Gasteiger partial charge in [-0.25, -0.2) is 9.78 Å². The smallest absolute Gasteiger partial charge is 0.320 e. The average molecular weight is 412 g/mol. The molecule has 2 heterocycles. The van der Waals surface area contributed by atoms with E-state index in [4.69, 9.17) is 0 Å². The summed E-state index contributed by atoms with van der Waals surface area (Å²) in [7, 11) is 0. The highest BCUT2D eigenvalue weighted by Gasteiger charge is 2.09. The van der Waals surface area contributed by atoms with Gasteiger partial charge in [0, 0.05) is 36.6 Å². The number of anilines is 4. The summed E-state index contributed by atoms with van der Waals surface area (Å²) in [5.74, 6) is 0.492. The van der Waals surface area contributed by atoms with E-state index in [1.165, 1.54) is 5.56 Å². The number of benzene rings is 2. The van der Waals surface area contributed by atoms with Crippen molar-refractivity contribution in [2.75, 3.05) is 22.5 Å². The Bertz CT molecular complexity index is 1160. The monoisotopic (exact) mass is 412 g/mol. The van der Waals surface area contributed by atoms with Crippen LogP contribution < -0.4 is 21.3 Å². The Morgan fingerprint density at radius 1 is 0.968 bits per heavy atom. The summed E-state index contributed by atoms with van der Waals surface area (Å²) in [6, 6.07) is 19.8. The van der Waals surface area contributed by atoms with Crippen molar-refractivity contribution in [3.05, 3.63) is 84.8 Å². The van der Waals surface area contributed by atoms with Gasteiger partial charge in [-0.1, -0.05) is 30.3 Å². The molecule has 0 unspecified atom stereocenters. The van der Waals surface area contributed by atoms with Crippen molar-refractivity contribution in [3.8, 4) is 0 Å². The number of fused-ring (bicyclic) bond motifs is 1. The second kappa shape index (κ2) is 9.58. The third kappa shape index (κ3) is 5.27. The molecule has 0 atom stereocenters. The summed E-state index contributed by atoms with van der Waals surface area (Å²) in [5, 5.41) is 14.3. The first-order valence-corrected chi connectivity index (χ1v) is 10.1. The third-order valence-corrected chi connectivity index (χ3v) is 4.70. The molecule has 0 aliphatic heterocycles. The molecule has 0 bridgehead atoms. The largest absolute Gasteiger partial charge is 0.381 e. The van der Waals surface area contributed by atoms with E-state index < -0.39 is 0 Å². The molecule has 7 nitrogen and oxygen atoms in total.